The number of aryl methyl sites for hydroxylation is 1. The Kier molecular flexibility index (Phi) is 3.41. The Morgan fingerprint density at radius 2 is 1.47 bits per heavy atom. The van der Waals surface area contributed by atoms with Gasteiger partial charge in [-0.25, -0.2) is 4.79 Å². The highest BCUT2D eigenvalue weighted by atomic mass is 28.3. The first-order chi connectivity index (χ1) is 7.46. The van der Waals surface area contributed by atoms with E-state index in [-0.39, 0.29) is 11.2 Å². The molecule has 0 spiro atoms. The molecule has 1 N–H and O–H groups in total. The molecule has 0 saturated carbocycles. The number of H-pyrrole nitrogens is 1. The molecular formula is C11H22N2O2Si2. The number of hydrogen-bond donors (Lipinski definition) is 1. The Morgan fingerprint density at radius 1 is 1.00 bits per heavy atom. The van der Waals surface area contributed by atoms with E-state index in [1.54, 1.807) is 0 Å². The second kappa shape index (κ2) is 4.10. The maximum absolute atomic E-state index is 12.5. The van der Waals surface area contributed by atoms with Crippen molar-refractivity contribution in [2.75, 3.05) is 0 Å². The van der Waals surface area contributed by atoms with Crippen molar-refractivity contribution < 1.29 is 0 Å². The van der Waals surface area contributed by atoms with E-state index in [9.17, 15) is 9.59 Å². The maximum atomic E-state index is 12.5. The van der Waals surface area contributed by atoms with Crippen LogP contribution >= 0.6 is 0 Å². The third kappa shape index (κ3) is 2.68. The first-order valence-corrected chi connectivity index (χ1v) is 12.8. The second-order valence-corrected chi connectivity index (χ2v) is 16.3. The van der Waals surface area contributed by atoms with Gasteiger partial charge in [0.05, 0.1) is 8.07 Å². The van der Waals surface area contributed by atoms with Crippen molar-refractivity contribution in [1.82, 2.24) is 9.22 Å². The van der Waals surface area contributed by atoms with Crippen LogP contribution in [0.1, 0.15) is 5.69 Å². The van der Waals surface area contributed by atoms with Gasteiger partial charge >= 0.3 is 5.69 Å². The summed E-state index contributed by atoms with van der Waals surface area (Å²) in [6.07, 6.45) is 0. The van der Waals surface area contributed by atoms with Gasteiger partial charge in [-0.2, -0.15) is 0 Å². The van der Waals surface area contributed by atoms with Gasteiger partial charge in [0, 0.05) is 10.9 Å². The second-order valence-electron chi connectivity index (χ2n) is 6.49. The van der Waals surface area contributed by atoms with Crippen molar-refractivity contribution in [3.05, 3.63) is 26.5 Å². The molecule has 1 aromatic heterocycles. The zero-order valence-electron chi connectivity index (χ0n) is 11.8. The highest BCUT2D eigenvalue weighted by Gasteiger charge is 2.29. The first-order valence-electron chi connectivity index (χ1n) is 5.83. The predicted molar refractivity (Wildman–Crippen MR) is 77.8 cm³/mol. The summed E-state index contributed by atoms with van der Waals surface area (Å²) in [7, 11) is -3.71. The van der Waals surface area contributed by atoms with Crippen LogP contribution in [0.2, 0.25) is 39.3 Å². The van der Waals surface area contributed by atoms with Gasteiger partial charge in [-0.05, 0) is 6.92 Å². The molecule has 0 unspecified atom stereocenters. The van der Waals surface area contributed by atoms with Gasteiger partial charge in [-0.1, -0.05) is 39.3 Å². The van der Waals surface area contributed by atoms with Gasteiger partial charge < -0.3 is 4.98 Å². The topological polar surface area (TPSA) is 54.9 Å². The van der Waals surface area contributed by atoms with Crippen LogP contribution in [0.3, 0.4) is 0 Å². The fourth-order valence-corrected chi connectivity index (χ4v) is 5.57. The van der Waals surface area contributed by atoms with E-state index < -0.39 is 16.3 Å². The lowest BCUT2D eigenvalue weighted by Crippen LogP contribution is -2.61. The normalized spacial score (nSPS) is 12.9. The van der Waals surface area contributed by atoms with Crippen molar-refractivity contribution in [1.29, 1.82) is 0 Å². The van der Waals surface area contributed by atoms with E-state index in [1.807, 2.05) is 26.6 Å². The molecule has 0 atom stereocenters. The highest BCUT2D eigenvalue weighted by molar-refractivity contribution is 6.89. The predicted octanol–water partition coefficient (Wildman–Crippen LogP) is 1.07. The SMILES string of the molecule is Cc1[nH]c(=O)n([Si](C)(C)C)c(=O)c1[Si](C)(C)C. The number of nitrogens with one attached hydrogen (secondary N) is 1. The number of nitrogens with zero attached hydrogens (tertiary/aromatic N) is 1. The van der Waals surface area contributed by atoms with Crippen molar-refractivity contribution in [3.8, 4) is 0 Å². The van der Waals surface area contributed by atoms with E-state index >= 15 is 0 Å². The molecule has 1 heterocycles. The van der Waals surface area contributed by atoms with Crippen LogP contribution in [0.25, 0.3) is 0 Å². The van der Waals surface area contributed by atoms with Gasteiger partial charge in [0.1, 0.15) is 0 Å². The minimum atomic E-state index is -1.97. The highest BCUT2D eigenvalue weighted by Crippen LogP contribution is 2.03. The Bertz CT molecular complexity index is 545. The third-order valence-electron chi connectivity index (χ3n) is 2.71. The molecule has 0 aliphatic heterocycles. The standard InChI is InChI=1S/C11H22N2O2Si2/c1-8-9(16(2,3)4)10(14)13(11(15)12-8)17(5,6)7/h1-7H3,(H,12,15). The van der Waals surface area contributed by atoms with Gasteiger partial charge in [-0.3, -0.25) is 9.03 Å². The monoisotopic (exact) mass is 270 g/mol. The Labute approximate surface area is 104 Å². The van der Waals surface area contributed by atoms with Crippen molar-refractivity contribution in [2.24, 2.45) is 0 Å². The van der Waals surface area contributed by atoms with Crippen molar-refractivity contribution >= 4 is 21.5 Å². The molecule has 0 amide bonds. The van der Waals surface area contributed by atoms with Crippen LogP contribution in [-0.4, -0.2) is 25.5 Å². The lowest BCUT2D eigenvalue weighted by molar-refractivity contribution is 0.909. The molecule has 0 saturated heterocycles. The van der Waals surface area contributed by atoms with Crippen molar-refractivity contribution in [3.63, 3.8) is 0 Å². The molecule has 0 bridgehead atoms. The third-order valence-corrected chi connectivity index (χ3v) is 6.55. The summed E-state index contributed by atoms with van der Waals surface area (Å²) in [4.78, 5) is 27.3. The average Bonchev–Trinajstić information content (AvgIpc) is 1.94. The lowest BCUT2D eigenvalue weighted by Gasteiger charge is -2.24. The minimum absolute atomic E-state index is 0.0652. The molecule has 4 nitrogen and oxygen atoms in total. The van der Waals surface area contributed by atoms with Crippen LogP contribution < -0.4 is 16.4 Å². The fourth-order valence-electron chi connectivity index (χ4n) is 2.14. The molecule has 0 fully saturated rings. The summed E-state index contributed by atoms with van der Waals surface area (Å²) in [5.41, 5.74) is 0.423. The van der Waals surface area contributed by atoms with Crippen LogP contribution in [0.5, 0.6) is 0 Å². The largest absolute Gasteiger partial charge is 0.320 e. The molecule has 0 aliphatic carbocycles. The van der Waals surface area contributed by atoms with Crippen LogP contribution in [0, 0.1) is 6.92 Å². The Balaban J connectivity index is 3.81. The van der Waals surface area contributed by atoms with Crippen LogP contribution in [0.15, 0.2) is 9.59 Å². The lowest BCUT2D eigenvalue weighted by atomic mass is 10.4. The van der Waals surface area contributed by atoms with E-state index in [2.05, 4.69) is 24.6 Å². The first kappa shape index (κ1) is 14.2. The molecule has 96 valence electrons. The molecule has 0 aromatic carbocycles. The zero-order valence-corrected chi connectivity index (χ0v) is 13.8. The average molecular weight is 270 g/mol. The molecule has 6 heteroatoms. The van der Waals surface area contributed by atoms with E-state index in [4.69, 9.17) is 0 Å². The van der Waals surface area contributed by atoms with E-state index in [1.165, 1.54) is 4.23 Å². The summed E-state index contributed by atoms with van der Waals surface area (Å²) >= 11 is 0. The van der Waals surface area contributed by atoms with E-state index in [0.29, 0.717) is 0 Å². The number of rotatable bonds is 2. The quantitative estimate of drug-likeness (QED) is 0.818. The summed E-state index contributed by atoms with van der Waals surface area (Å²) in [5.74, 6) is 0. The number of aromatic amines is 1. The van der Waals surface area contributed by atoms with E-state index in [0.717, 1.165) is 10.9 Å². The van der Waals surface area contributed by atoms with Gasteiger partial charge in [0.25, 0.3) is 0 Å². The fraction of sp³-hybridized carbons (Fsp3) is 0.636. The minimum Gasteiger partial charge on any atom is -0.312 e. The van der Waals surface area contributed by atoms with Gasteiger partial charge in [-0.15, -0.1) is 0 Å². The molecule has 0 radical (unpaired) electrons. The summed E-state index contributed by atoms with van der Waals surface area (Å²) < 4.78 is 1.47. The zero-order chi connectivity index (χ0) is 13.6. The number of hydrogen-bond acceptors (Lipinski definition) is 2. The Morgan fingerprint density at radius 3 is 1.82 bits per heavy atom. The maximum Gasteiger partial charge on any atom is 0.320 e. The van der Waals surface area contributed by atoms with Crippen LogP contribution in [-0.2, 0) is 0 Å². The summed E-state index contributed by atoms with van der Waals surface area (Å²) in [6, 6.07) is 0. The molecular weight excluding hydrogens is 248 g/mol. The summed E-state index contributed by atoms with van der Waals surface area (Å²) in [5, 5.41) is 0.847. The smallest absolute Gasteiger partial charge is 0.312 e. The van der Waals surface area contributed by atoms with Gasteiger partial charge in [0.15, 0.2) is 8.24 Å². The summed E-state index contributed by atoms with van der Waals surface area (Å²) in [6.45, 7) is 14.2. The molecule has 17 heavy (non-hydrogen) atoms. The van der Waals surface area contributed by atoms with Gasteiger partial charge in [0.2, 0.25) is 5.56 Å². The Hall–Kier alpha value is -0.886. The van der Waals surface area contributed by atoms with Crippen molar-refractivity contribution in [2.45, 2.75) is 46.2 Å². The molecule has 1 aromatic rings. The number of aromatic nitrogens is 2. The molecule has 1 rings (SSSR count). The molecule has 0 aliphatic rings. The van der Waals surface area contributed by atoms with Crippen LogP contribution in [0.4, 0.5) is 0 Å².